The quantitative estimate of drug-likeness (QED) is 0.473. The normalized spacial score (nSPS) is 13.0. The fourth-order valence-electron chi connectivity index (χ4n) is 1.81. The van der Waals surface area contributed by atoms with Crippen molar-refractivity contribution in [1.29, 1.82) is 0 Å². The fourth-order valence-corrected chi connectivity index (χ4v) is 1.89. The van der Waals surface area contributed by atoms with E-state index in [1.54, 1.807) is 0 Å². The third-order valence-corrected chi connectivity index (χ3v) is 3.37. The van der Waals surface area contributed by atoms with Crippen LogP contribution in [0.25, 0.3) is 0 Å². The first kappa shape index (κ1) is 15.9. The van der Waals surface area contributed by atoms with Gasteiger partial charge in [0.25, 0.3) is 0 Å². The zero-order valence-electron chi connectivity index (χ0n) is 11.2. The van der Waals surface area contributed by atoms with E-state index in [0.29, 0.717) is 10.9 Å². The smallest absolute Gasteiger partial charge is 0.0768 e. The molecule has 1 unspecified atom stereocenters. The van der Waals surface area contributed by atoms with Crippen molar-refractivity contribution in [3.63, 3.8) is 0 Å². The van der Waals surface area contributed by atoms with Gasteiger partial charge in [-0.3, -0.25) is 0 Å². The summed E-state index contributed by atoms with van der Waals surface area (Å²) >= 11 is 4.97. The summed E-state index contributed by atoms with van der Waals surface area (Å²) in [4.78, 5) is 2.97. The van der Waals surface area contributed by atoms with Crippen LogP contribution in [-0.4, -0.2) is 30.0 Å². The Kier molecular flexibility index (Phi) is 9.94. The van der Waals surface area contributed by atoms with Gasteiger partial charge in [0.05, 0.1) is 4.99 Å². The summed E-state index contributed by atoms with van der Waals surface area (Å²) in [6.07, 6.45) is 8.13. The molecule has 0 aromatic rings. The molecule has 0 saturated carbocycles. The van der Waals surface area contributed by atoms with Gasteiger partial charge in [-0.05, 0) is 20.0 Å². The standard InChI is InChI=1S/C13H28N2S/c1-4-5-6-7-8-9-10-15(3)11-12(2)13(14)16/h12H,4-11H2,1-3H3,(H2,14,16). The monoisotopic (exact) mass is 244 g/mol. The second kappa shape index (κ2) is 10.0. The Morgan fingerprint density at radius 3 is 2.31 bits per heavy atom. The van der Waals surface area contributed by atoms with Crippen LogP contribution in [0, 0.1) is 5.92 Å². The molecule has 0 bridgehead atoms. The van der Waals surface area contributed by atoms with Crippen molar-refractivity contribution in [2.24, 2.45) is 11.7 Å². The molecular formula is C13H28N2S. The summed E-state index contributed by atoms with van der Waals surface area (Å²) in [6, 6.07) is 0. The molecule has 2 nitrogen and oxygen atoms in total. The minimum Gasteiger partial charge on any atom is -0.393 e. The summed E-state index contributed by atoms with van der Waals surface area (Å²) in [5, 5.41) is 0. The molecule has 16 heavy (non-hydrogen) atoms. The minimum absolute atomic E-state index is 0.333. The number of rotatable bonds is 10. The van der Waals surface area contributed by atoms with Crippen LogP contribution in [0.4, 0.5) is 0 Å². The Morgan fingerprint density at radius 1 is 1.19 bits per heavy atom. The zero-order valence-corrected chi connectivity index (χ0v) is 12.0. The van der Waals surface area contributed by atoms with Gasteiger partial charge in [-0.1, -0.05) is 58.2 Å². The molecule has 0 fully saturated rings. The van der Waals surface area contributed by atoms with Crippen molar-refractivity contribution in [2.45, 2.75) is 52.4 Å². The first-order valence-corrected chi connectivity index (χ1v) is 6.96. The SMILES string of the molecule is CCCCCCCCN(C)CC(C)C(N)=S. The molecule has 0 rings (SSSR count). The minimum atomic E-state index is 0.333. The summed E-state index contributed by atoms with van der Waals surface area (Å²) in [7, 11) is 2.15. The third kappa shape index (κ3) is 9.10. The van der Waals surface area contributed by atoms with E-state index in [1.807, 2.05) is 0 Å². The number of thiocarbonyl (C=S) groups is 1. The fraction of sp³-hybridized carbons (Fsp3) is 0.923. The van der Waals surface area contributed by atoms with Crippen molar-refractivity contribution in [2.75, 3.05) is 20.1 Å². The summed E-state index contributed by atoms with van der Waals surface area (Å²) in [5.74, 6) is 0.333. The van der Waals surface area contributed by atoms with E-state index in [1.165, 1.54) is 45.1 Å². The topological polar surface area (TPSA) is 29.3 Å². The molecular weight excluding hydrogens is 216 g/mol. The summed E-state index contributed by atoms with van der Waals surface area (Å²) < 4.78 is 0. The number of nitrogens with zero attached hydrogens (tertiary/aromatic N) is 1. The van der Waals surface area contributed by atoms with E-state index >= 15 is 0 Å². The maximum atomic E-state index is 5.60. The predicted octanol–water partition coefficient (Wildman–Crippen LogP) is 3.20. The molecule has 0 heterocycles. The molecule has 0 radical (unpaired) electrons. The number of hydrogen-bond acceptors (Lipinski definition) is 2. The molecule has 0 aromatic carbocycles. The number of nitrogens with two attached hydrogens (primary N) is 1. The van der Waals surface area contributed by atoms with E-state index < -0.39 is 0 Å². The molecule has 0 aliphatic rings. The molecule has 0 spiro atoms. The molecule has 0 aromatic heterocycles. The van der Waals surface area contributed by atoms with Gasteiger partial charge < -0.3 is 10.6 Å². The first-order chi connectivity index (χ1) is 7.57. The van der Waals surface area contributed by atoms with Crippen LogP contribution in [0.15, 0.2) is 0 Å². The van der Waals surface area contributed by atoms with Crippen LogP contribution >= 0.6 is 12.2 Å². The van der Waals surface area contributed by atoms with E-state index in [9.17, 15) is 0 Å². The van der Waals surface area contributed by atoms with Crippen molar-refractivity contribution in [3.05, 3.63) is 0 Å². The van der Waals surface area contributed by atoms with Crippen LogP contribution in [0.2, 0.25) is 0 Å². The third-order valence-electron chi connectivity index (χ3n) is 2.96. The molecule has 2 N–H and O–H groups in total. The maximum absolute atomic E-state index is 5.60. The lowest BCUT2D eigenvalue weighted by molar-refractivity contribution is 0.306. The van der Waals surface area contributed by atoms with Crippen molar-refractivity contribution in [1.82, 2.24) is 4.90 Å². The highest BCUT2D eigenvalue weighted by Gasteiger charge is 2.07. The molecule has 96 valence electrons. The maximum Gasteiger partial charge on any atom is 0.0768 e. The molecule has 3 heteroatoms. The lowest BCUT2D eigenvalue weighted by Gasteiger charge is -2.20. The number of hydrogen-bond donors (Lipinski definition) is 1. The van der Waals surface area contributed by atoms with Crippen molar-refractivity contribution < 1.29 is 0 Å². The summed E-state index contributed by atoms with van der Waals surface area (Å²) in [5.41, 5.74) is 5.60. The Hall–Kier alpha value is -0.150. The van der Waals surface area contributed by atoms with Gasteiger partial charge in [0, 0.05) is 12.5 Å². The molecule has 0 amide bonds. The highest BCUT2D eigenvalue weighted by Crippen LogP contribution is 2.06. The van der Waals surface area contributed by atoms with Gasteiger partial charge in [-0.15, -0.1) is 0 Å². The van der Waals surface area contributed by atoms with Crippen molar-refractivity contribution >= 4 is 17.2 Å². The van der Waals surface area contributed by atoms with Crippen LogP contribution in [0.5, 0.6) is 0 Å². The highest BCUT2D eigenvalue weighted by molar-refractivity contribution is 7.80. The van der Waals surface area contributed by atoms with Gasteiger partial charge in [-0.25, -0.2) is 0 Å². The molecule has 0 aliphatic heterocycles. The average Bonchev–Trinajstić information content (AvgIpc) is 2.23. The average molecular weight is 244 g/mol. The van der Waals surface area contributed by atoms with E-state index in [4.69, 9.17) is 18.0 Å². The molecule has 0 aliphatic carbocycles. The Labute approximate surface area is 107 Å². The van der Waals surface area contributed by atoms with E-state index in [-0.39, 0.29) is 0 Å². The van der Waals surface area contributed by atoms with Gasteiger partial charge >= 0.3 is 0 Å². The second-order valence-corrected chi connectivity index (χ2v) is 5.30. The van der Waals surface area contributed by atoms with E-state index in [2.05, 4.69) is 25.8 Å². The lowest BCUT2D eigenvalue weighted by atomic mass is 10.1. The van der Waals surface area contributed by atoms with Gasteiger partial charge in [0.2, 0.25) is 0 Å². The Morgan fingerprint density at radius 2 is 1.75 bits per heavy atom. The van der Waals surface area contributed by atoms with Gasteiger partial charge in [0.15, 0.2) is 0 Å². The zero-order chi connectivity index (χ0) is 12.4. The highest BCUT2D eigenvalue weighted by atomic mass is 32.1. The van der Waals surface area contributed by atoms with Crippen LogP contribution in [0.1, 0.15) is 52.4 Å². The van der Waals surface area contributed by atoms with Crippen LogP contribution < -0.4 is 5.73 Å². The Bertz CT molecular complexity index is 183. The predicted molar refractivity (Wildman–Crippen MR) is 76.8 cm³/mol. The van der Waals surface area contributed by atoms with Gasteiger partial charge in [0.1, 0.15) is 0 Å². The second-order valence-electron chi connectivity index (χ2n) is 4.83. The molecule has 0 saturated heterocycles. The largest absolute Gasteiger partial charge is 0.393 e. The lowest BCUT2D eigenvalue weighted by Crippen LogP contribution is -2.32. The number of unbranched alkanes of at least 4 members (excludes halogenated alkanes) is 5. The van der Waals surface area contributed by atoms with Crippen LogP contribution in [-0.2, 0) is 0 Å². The Balaban J connectivity index is 3.36. The molecule has 1 atom stereocenters. The van der Waals surface area contributed by atoms with Gasteiger partial charge in [-0.2, -0.15) is 0 Å². The van der Waals surface area contributed by atoms with Crippen LogP contribution in [0.3, 0.4) is 0 Å². The van der Waals surface area contributed by atoms with E-state index in [0.717, 1.165) is 6.54 Å². The summed E-state index contributed by atoms with van der Waals surface area (Å²) in [6.45, 7) is 6.51. The van der Waals surface area contributed by atoms with Crippen molar-refractivity contribution in [3.8, 4) is 0 Å². The first-order valence-electron chi connectivity index (χ1n) is 6.55.